The first-order valence-electron chi connectivity index (χ1n) is 6.53. The van der Waals surface area contributed by atoms with E-state index in [1.807, 2.05) is 39.9 Å². The van der Waals surface area contributed by atoms with Crippen molar-refractivity contribution in [3.05, 3.63) is 0 Å². The zero-order valence-corrected chi connectivity index (χ0v) is 12.1. The first-order valence-corrected chi connectivity index (χ1v) is 6.53. The second-order valence-corrected chi connectivity index (χ2v) is 5.08. The standard InChI is InChI=1S/C13H29N3O/c1-6-13(7-2,11-14)12(17)16(5)10-8-9-15(3)4/h6-11,14H2,1-5H3. The normalized spacial score (nSPS) is 11.9. The number of hydrogen-bond donors (Lipinski definition) is 1. The lowest BCUT2D eigenvalue weighted by Gasteiger charge is -2.33. The molecule has 4 heteroatoms. The first-order chi connectivity index (χ1) is 7.93. The van der Waals surface area contributed by atoms with E-state index in [0.29, 0.717) is 6.54 Å². The SMILES string of the molecule is CCC(CC)(CN)C(=O)N(C)CCCN(C)C. The number of rotatable bonds is 8. The Hall–Kier alpha value is -0.610. The van der Waals surface area contributed by atoms with Crippen molar-refractivity contribution in [1.82, 2.24) is 9.80 Å². The Bertz CT molecular complexity index is 216. The van der Waals surface area contributed by atoms with Gasteiger partial charge in [0.1, 0.15) is 0 Å². The van der Waals surface area contributed by atoms with Gasteiger partial charge in [-0.15, -0.1) is 0 Å². The molecular formula is C13H29N3O. The van der Waals surface area contributed by atoms with Gasteiger partial charge < -0.3 is 15.5 Å². The highest BCUT2D eigenvalue weighted by Crippen LogP contribution is 2.27. The largest absolute Gasteiger partial charge is 0.345 e. The number of amides is 1. The van der Waals surface area contributed by atoms with E-state index in [0.717, 1.165) is 32.4 Å². The average molecular weight is 243 g/mol. The maximum atomic E-state index is 12.4. The fourth-order valence-corrected chi connectivity index (χ4v) is 2.06. The quantitative estimate of drug-likeness (QED) is 0.696. The summed E-state index contributed by atoms with van der Waals surface area (Å²) < 4.78 is 0. The molecule has 2 N–H and O–H groups in total. The lowest BCUT2D eigenvalue weighted by molar-refractivity contribution is -0.140. The van der Waals surface area contributed by atoms with Crippen LogP contribution in [-0.4, -0.2) is 56.5 Å². The van der Waals surface area contributed by atoms with Crippen LogP contribution >= 0.6 is 0 Å². The molecule has 0 atom stereocenters. The highest BCUT2D eigenvalue weighted by molar-refractivity contribution is 5.82. The predicted octanol–water partition coefficient (Wildman–Crippen LogP) is 1.16. The number of nitrogens with zero attached hydrogens (tertiary/aromatic N) is 2. The highest BCUT2D eigenvalue weighted by atomic mass is 16.2. The van der Waals surface area contributed by atoms with Crippen molar-refractivity contribution in [2.75, 3.05) is 40.8 Å². The lowest BCUT2D eigenvalue weighted by atomic mass is 9.81. The van der Waals surface area contributed by atoms with Gasteiger partial charge >= 0.3 is 0 Å². The summed E-state index contributed by atoms with van der Waals surface area (Å²) in [6.07, 6.45) is 2.64. The number of hydrogen-bond acceptors (Lipinski definition) is 3. The monoisotopic (exact) mass is 243 g/mol. The van der Waals surface area contributed by atoms with Gasteiger partial charge in [0.25, 0.3) is 0 Å². The van der Waals surface area contributed by atoms with Crippen LogP contribution in [-0.2, 0) is 4.79 Å². The number of carbonyl (C=O) groups excluding carboxylic acids is 1. The van der Waals surface area contributed by atoms with E-state index in [4.69, 9.17) is 5.73 Å². The molecule has 0 aromatic carbocycles. The Morgan fingerprint density at radius 2 is 1.65 bits per heavy atom. The molecule has 0 heterocycles. The Kier molecular flexibility index (Phi) is 7.39. The van der Waals surface area contributed by atoms with Gasteiger partial charge in [0.05, 0.1) is 5.41 Å². The molecule has 17 heavy (non-hydrogen) atoms. The molecule has 0 aromatic heterocycles. The Morgan fingerprint density at radius 3 is 2.00 bits per heavy atom. The Labute approximate surface area is 106 Å². The summed E-state index contributed by atoms with van der Waals surface area (Å²) in [6, 6.07) is 0. The predicted molar refractivity (Wildman–Crippen MR) is 72.9 cm³/mol. The van der Waals surface area contributed by atoms with Crippen molar-refractivity contribution in [2.45, 2.75) is 33.1 Å². The molecule has 0 aliphatic heterocycles. The van der Waals surface area contributed by atoms with Gasteiger partial charge in [-0.3, -0.25) is 4.79 Å². The van der Waals surface area contributed by atoms with Gasteiger partial charge in [0.15, 0.2) is 0 Å². The summed E-state index contributed by atoms with van der Waals surface area (Å²) in [6.45, 7) is 6.34. The van der Waals surface area contributed by atoms with Gasteiger partial charge in [0.2, 0.25) is 5.91 Å². The molecule has 0 radical (unpaired) electrons. The summed E-state index contributed by atoms with van der Waals surface area (Å²) >= 11 is 0. The van der Waals surface area contributed by atoms with Crippen LogP contribution in [0.15, 0.2) is 0 Å². The van der Waals surface area contributed by atoms with E-state index in [2.05, 4.69) is 4.90 Å². The summed E-state index contributed by atoms with van der Waals surface area (Å²) in [5.41, 5.74) is 5.43. The van der Waals surface area contributed by atoms with Crippen LogP contribution in [0.1, 0.15) is 33.1 Å². The van der Waals surface area contributed by atoms with E-state index < -0.39 is 0 Å². The van der Waals surface area contributed by atoms with E-state index in [-0.39, 0.29) is 11.3 Å². The third-order valence-corrected chi connectivity index (χ3v) is 3.64. The molecule has 4 nitrogen and oxygen atoms in total. The van der Waals surface area contributed by atoms with Gasteiger partial charge in [-0.05, 0) is 39.9 Å². The maximum absolute atomic E-state index is 12.4. The lowest BCUT2D eigenvalue weighted by Crippen LogP contribution is -2.46. The number of nitrogens with two attached hydrogens (primary N) is 1. The Morgan fingerprint density at radius 1 is 1.12 bits per heavy atom. The van der Waals surface area contributed by atoms with E-state index in [9.17, 15) is 4.79 Å². The van der Waals surface area contributed by atoms with Crippen molar-refractivity contribution >= 4 is 5.91 Å². The summed E-state index contributed by atoms with van der Waals surface area (Å²) in [7, 11) is 5.97. The summed E-state index contributed by atoms with van der Waals surface area (Å²) in [5.74, 6) is 0.198. The maximum Gasteiger partial charge on any atom is 0.229 e. The third kappa shape index (κ3) is 4.64. The minimum atomic E-state index is -0.354. The minimum absolute atomic E-state index is 0.198. The molecule has 1 amide bonds. The van der Waals surface area contributed by atoms with Gasteiger partial charge in [-0.1, -0.05) is 13.8 Å². The van der Waals surface area contributed by atoms with Crippen LogP contribution in [0.3, 0.4) is 0 Å². The van der Waals surface area contributed by atoms with Gasteiger partial charge in [-0.25, -0.2) is 0 Å². The van der Waals surface area contributed by atoms with Crippen LogP contribution in [0, 0.1) is 5.41 Å². The highest BCUT2D eigenvalue weighted by Gasteiger charge is 2.35. The second-order valence-electron chi connectivity index (χ2n) is 5.08. The van der Waals surface area contributed by atoms with Gasteiger partial charge in [0, 0.05) is 20.1 Å². The van der Waals surface area contributed by atoms with Crippen molar-refractivity contribution in [2.24, 2.45) is 11.1 Å². The molecule has 0 bridgehead atoms. The van der Waals surface area contributed by atoms with Crippen molar-refractivity contribution in [3.63, 3.8) is 0 Å². The molecule has 0 saturated heterocycles. The fourth-order valence-electron chi connectivity index (χ4n) is 2.06. The van der Waals surface area contributed by atoms with Crippen LogP contribution in [0.4, 0.5) is 0 Å². The van der Waals surface area contributed by atoms with E-state index in [1.54, 1.807) is 0 Å². The summed E-state index contributed by atoms with van der Waals surface area (Å²) in [5, 5.41) is 0. The van der Waals surface area contributed by atoms with Crippen LogP contribution < -0.4 is 5.73 Å². The molecule has 0 spiro atoms. The van der Waals surface area contributed by atoms with Crippen LogP contribution in [0.25, 0.3) is 0 Å². The molecule has 0 aromatic rings. The second kappa shape index (κ2) is 7.67. The molecule has 0 rings (SSSR count). The van der Waals surface area contributed by atoms with Crippen LogP contribution in [0.2, 0.25) is 0 Å². The summed E-state index contributed by atoms with van der Waals surface area (Å²) in [4.78, 5) is 16.3. The first kappa shape index (κ1) is 16.4. The molecule has 102 valence electrons. The van der Waals surface area contributed by atoms with Crippen molar-refractivity contribution < 1.29 is 4.79 Å². The molecule has 0 saturated carbocycles. The van der Waals surface area contributed by atoms with Crippen molar-refractivity contribution in [1.29, 1.82) is 0 Å². The molecule has 0 unspecified atom stereocenters. The molecular weight excluding hydrogens is 214 g/mol. The Balaban J connectivity index is 4.36. The molecule has 0 aliphatic rings. The smallest absolute Gasteiger partial charge is 0.229 e. The minimum Gasteiger partial charge on any atom is -0.345 e. The van der Waals surface area contributed by atoms with Crippen LogP contribution in [0.5, 0.6) is 0 Å². The van der Waals surface area contributed by atoms with E-state index in [1.165, 1.54) is 0 Å². The molecule has 0 aliphatic carbocycles. The zero-order valence-electron chi connectivity index (χ0n) is 12.1. The van der Waals surface area contributed by atoms with Crippen molar-refractivity contribution in [3.8, 4) is 0 Å². The van der Waals surface area contributed by atoms with Gasteiger partial charge in [-0.2, -0.15) is 0 Å². The molecule has 0 fully saturated rings. The number of carbonyl (C=O) groups is 1. The zero-order chi connectivity index (χ0) is 13.5. The average Bonchev–Trinajstić information content (AvgIpc) is 2.31. The third-order valence-electron chi connectivity index (χ3n) is 3.64. The topological polar surface area (TPSA) is 49.6 Å². The van der Waals surface area contributed by atoms with E-state index >= 15 is 0 Å². The fraction of sp³-hybridized carbons (Fsp3) is 0.923.